The van der Waals surface area contributed by atoms with Gasteiger partial charge in [0.05, 0.1) is 0 Å². The Kier molecular flexibility index (Phi) is 3.39. The second-order valence-electron chi connectivity index (χ2n) is 3.98. The molecule has 5 heteroatoms. The summed E-state index contributed by atoms with van der Waals surface area (Å²) in [7, 11) is 0. The highest BCUT2D eigenvalue weighted by Crippen LogP contribution is 2.25. The minimum Gasteiger partial charge on any atom is -0.486 e. The van der Waals surface area contributed by atoms with Gasteiger partial charge in [0.2, 0.25) is 0 Å². The highest BCUT2D eigenvalue weighted by Gasteiger charge is 2.10. The molecule has 0 saturated carbocycles. The Morgan fingerprint density at radius 1 is 1.44 bits per heavy atom. The van der Waals surface area contributed by atoms with Gasteiger partial charge in [-0.1, -0.05) is 11.6 Å². The molecule has 0 unspecified atom stereocenters. The molecule has 0 bridgehead atoms. The number of rotatable bonds is 3. The molecule has 0 aliphatic rings. The fourth-order valence-corrected chi connectivity index (χ4v) is 1.73. The fraction of sp³-hybridized carbons (Fsp3) is 0.231. The lowest BCUT2D eigenvalue weighted by atomic mass is 10.1. The van der Waals surface area contributed by atoms with Crippen LogP contribution in [0.1, 0.15) is 12.5 Å². The molecule has 94 valence electrons. The third-order valence-corrected chi connectivity index (χ3v) is 2.95. The summed E-state index contributed by atoms with van der Waals surface area (Å²) in [5, 5.41) is 0.828. The molecule has 0 saturated heterocycles. The van der Waals surface area contributed by atoms with Crippen LogP contribution in [0.5, 0.6) is 5.75 Å². The smallest absolute Gasteiger partial charge is 0.355 e. The summed E-state index contributed by atoms with van der Waals surface area (Å²) in [5.41, 5.74) is 0.481. The molecule has 2 rings (SSSR count). The third-order valence-electron chi connectivity index (χ3n) is 2.51. The van der Waals surface area contributed by atoms with Crippen LogP contribution >= 0.6 is 11.6 Å². The lowest BCUT2D eigenvalue weighted by molar-refractivity contribution is -0.118. The quantitative estimate of drug-likeness (QED) is 0.802. The first kappa shape index (κ1) is 12.6. The van der Waals surface area contributed by atoms with E-state index in [9.17, 15) is 9.59 Å². The molecular weight excluding hydrogens is 256 g/mol. The predicted octanol–water partition coefficient (Wildman–Crippen LogP) is 2.72. The summed E-state index contributed by atoms with van der Waals surface area (Å²) in [5.74, 6) is 0.395. The van der Waals surface area contributed by atoms with Crippen LogP contribution < -0.4 is 10.4 Å². The minimum absolute atomic E-state index is 0.0116. The molecule has 0 aliphatic carbocycles. The first-order valence-electron chi connectivity index (χ1n) is 5.34. The molecule has 0 amide bonds. The van der Waals surface area contributed by atoms with Gasteiger partial charge in [0.1, 0.15) is 23.0 Å². The van der Waals surface area contributed by atoms with Crippen molar-refractivity contribution in [3.05, 3.63) is 39.2 Å². The summed E-state index contributed by atoms with van der Waals surface area (Å²) in [6, 6.07) is 5.02. The molecular formula is C13H11ClO4. The van der Waals surface area contributed by atoms with Crippen molar-refractivity contribution in [1.82, 2.24) is 0 Å². The first-order valence-corrected chi connectivity index (χ1v) is 5.72. The predicted molar refractivity (Wildman–Crippen MR) is 68.4 cm³/mol. The summed E-state index contributed by atoms with van der Waals surface area (Å²) < 4.78 is 10.3. The number of halogens is 1. The summed E-state index contributed by atoms with van der Waals surface area (Å²) in [6.07, 6.45) is 0. The number of fused-ring (bicyclic) bond motifs is 1. The zero-order valence-corrected chi connectivity index (χ0v) is 10.7. The van der Waals surface area contributed by atoms with E-state index in [0.717, 1.165) is 5.39 Å². The summed E-state index contributed by atoms with van der Waals surface area (Å²) in [4.78, 5) is 22.3. The number of hydrogen-bond acceptors (Lipinski definition) is 4. The van der Waals surface area contributed by atoms with E-state index in [2.05, 4.69) is 0 Å². The molecule has 1 aromatic carbocycles. The van der Waals surface area contributed by atoms with Crippen molar-refractivity contribution in [2.75, 3.05) is 6.61 Å². The molecule has 2 aromatic rings. The number of ketones is 1. The molecule has 1 aromatic heterocycles. The number of Topliss-reactive ketones (excluding diaryl/α,β-unsaturated/α-hetero) is 1. The molecule has 0 spiro atoms. The van der Waals surface area contributed by atoms with Crippen molar-refractivity contribution in [2.24, 2.45) is 0 Å². The van der Waals surface area contributed by atoms with Crippen molar-refractivity contribution in [1.29, 1.82) is 0 Å². The maximum atomic E-state index is 11.4. The van der Waals surface area contributed by atoms with Crippen molar-refractivity contribution >= 4 is 28.4 Å². The number of carbonyl (C=O) groups is 1. The van der Waals surface area contributed by atoms with Gasteiger partial charge in [-0.3, -0.25) is 4.79 Å². The lowest BCUT2D eigenvalue weighted by Gasteiger charge is -2.06. The van der Waals surface area contributed by atoms with E-state index in [4.69, 9.17) is 20.8 Å². The van der Waals surface area contributed by atoms with Crippen LogP contribution in [0.2, 0.25) is 5.02 Å². The largest absolute Gasteiger partial charge is 0.486 e. The molecule has 4 nitrogen and oxygen atoms in total. The Morgan fingerprint density at radius 3 is 2.83 bits per heavy atom. The van der Waals surface area contributed by atoms with Crippen molar-refractivity contribution < 1.29 is 13.9 Å². The number of aryl methyl sites for hydroxylation is 1. The monoisotopic (exact) mass is 266 g/mol. The zero-order valence-electron chi connectivity index (χ0n) is 9.95. The van der Waals surface area contributed by atoms with E-state index < -0.39 is 5.63 Å². The van der Waals surface area contributed by atoms with Gasteiger partial charge in [-0.15, -0.1) is 0 Å². The number of benzene rings is 1. The third kappa shape index (κ3) is 2.38. The van der Waals surface area contributed by atoms with Crippen LogP contribution in [0.25, 0.3) is 11.0 Å². The van der Waals surface area contributed by atoms with Crippen LogP contribution in [-0.2, 0) is 4.79 Å². The Balaban J connectivity index is 2.49. The van der Waals surface area contributed by atoms with Crippen molar-refractivity contribution in [3.63, 3.8) is 0 Å². The van der Waals surface area contributed by atoms with Crippen LogP contribution in [0.15, 0.2) is 27.4 Å². The van der Waals surface area contributed by atoms with Gasteiger partial charge in [0.25, 0.3) is 0 Å². The van der Waals surface area contributed by atoms with Gasteiger partial charge in [-0.2, -0.15) is 0 Å². The topological polar surface area (TPSA) is 56.5 Å². The van der Waals surface area contributed by atoms with Gasteiger partial charge in [0, 0.05) is 11.5 Å². The van der Waals surface area contributed by atoms with Crippen LogP contribution in [0.3, 0.4) is 0 Å². The van der Waals surface area contributed by atoms with E-state index in [0.29, 0.717) is 16.9 Å². The fourth-order valence-electron chi connectivity index (χ4n) is 1.59. The molecule has 0 fully saturated rings. The molecule has 0 aliphatic heterocycles. The Morgan fingerprint density at radius 2 is 2.17 bits per heavy atom. The Bertz CT molecular complexity index is 672. The summed E-state index contributed by atoms with van der Waals surface area (Å²) >= 11 is 5.82. The highest BCUT2D eigenvalue weighted by molar-refractivity contribution is 6.31. The van der Waals surface area contributed by atoms with Crippen LogP contribution in [-0.4, -0.2) is 12.4 Å². The highest BCUT2D eigenvalue weighted by atomic mass is 35.5. The number of ether oxygens (including phenoxy) is 1. The van der Waals surface area contributed by atoms with Crippen molar-refractivity contribution in [3.8, 4) is 5.75 Å². The maximum absolute atomic E-state index is 11.4. The van der Waals surface area contributed by atoms with Crippen molar-refractivity contribution in [2.45, 2.75) is 13.8 Å². The van der Waals surface area contributed by atoms with Gasteiger partial charge < -0.3 is 9.15 Å². The van der Waals surface area contributed by atoms with E-state index in [1.54, 1.807) is 25.1 Å². The summed E-state index contributed by atoms with van der Waals surface area (Å²) in [6.45, 7) is 3.17. The molecule has 18 heavy (non-hydrogen) atoms. The zero-order chi connectivity index (χ0) is 13.3. The number of carbonyl (C=O) groups excluding carboxylic acids is 1. The maximum Gasteiger partial charge on any atom is 0.355 e. The van der Waals surface area contributed by atoms with E-state index in [1.165, 1.54) is 6.92 Å². The average Bonchev–Trinajstić information content (AvgIpc) is 2.33. The Hall–Kier alpha value is -1.81. The van der Waals surface area contributed by atoms with Crippen LogP contribution in [0, 0.1) is 6.92 Å². The normalized spacial score (nSPS) is 10.6. The molecule has 0 atom stereocenters. The first-order chi connectivity index (χ1) is 8.49. The second-order valence-corrected chi connectivity index (χ2v) is 4.36. The molecule has 0 N–H and O–H groups in total. The minimum atomic E-state index is -0.578. The van der Waals surface area contributed by atoms with E-state index in [1.807, 2.05) is 0 Å². The van der Waals surface area contributed by atoms with Crippen LogP contribution in [0.4, 0.5) is 0 Å². The molecule has 0 radical (unpaired) electrons. The standard InChI is InChI=1S/C13H11ClO4/c1-7(15)6-17-9-3-4-10-8(2)12(14)13(16)18-11(10)5-9/h3-5H,6H2,1-2H3. The lowest BCUT2D eigenvalue weighted by Crippen LogP contribution is -2.07. The molecule has 1 heterocycles. The number of hydrogen-bond donors (Lipinski definition) is 0. The average molecular weight is 267 g/mol. The van der Waals surface area contributed by atoms with E-state index in [-0.39, 0.29) is 17.4 Å². The van der Waals surface area contributed by atoms with Gasteiger partial charge in [-0.25, -0.2) is 4.79 Å². The Labute approximate surface area is 108 Å². The van der Waals surface area contributed by atoms with Gasteiger partial charge in [-0.05, 0) is 31.5 Å². The second kappa shape index (κ2) is 4.82. The van der Waals surface area contributed by atoms with Gasteiger partial charge >= 0.3 is 5.63 Å². The van der Waals surface area contributed by atoms with E-state index >= 15 is 0 Å². The van der Waals surface area contributed by atoms with Gasteiger partial charge in [0.15, 0.2) is 5.78 Å². The SMILES string of the molecule is CC(=O)COc1ccc2c(C)c(Cl)c(=O)oc2c1.